The Morgan fingerprint density at radius 1 is 1.69 bits per heavy atom. The molecule has 0 aliphatic rings. The van der Waals surface area contributed by atoms with Crippen molar-refractivity contribution in [3.05, 3.63) is 22.2 Å². The van der Waals surface area contributed by atoms with E-state index < -0.39 is 0 Å². The lowest BCUT2D eigenvalue weighted by molar-refractivity contribution is 0.701. The van der Waals surface area contributed by atoms with E-state index in [1.54, 1.807) is 13.2 Å². The minimum atomic E-state index is -0.301. The fraction of sp³-hybridized carbons (Fsp3) is 0.556. The first-order valence-corrected chi connectivity index (χ1v) is 4.39. The van der Waals surface area contributed by atoms with Crippen molar-refractivity contribution in [3.63, 3.8) is 0 Å². The molecule has 0 aliphatic heterocycles. The van der Waals surface area contributed by atoms with Gasteiger partial charge in [0.2, 0.25) is 0 Å². The molecule has 0 spiro atoms. The van der Waals surface area contributed by atoms with Gasteiger partial charge in [-0.3, -0.25) is 0 Å². The maximum Gasteiger partial charge on any atom is 0.349 e. The van der Waals surface area contributed by atoms with Crippen molar-refractivity contribution in [2.75, 3.05) is 5.73 Å². The molecule has 1 atom stereocenters. The quantitative estimate of drug-likeness (QED) is 0.736. The topological polar surface area (TPSA) is 60.9 Å². The molecule has 4 nitrogen and oxygen atoms in total. The number of rotatable bonds is 2. The summed E-state index contributed by atoms with van der Waals surface area (Å²) in [5, 5.41) is 0. The van der Waals surface area contributed by atoms with Crippen molar-refractivity contribution < 1.29 is 0 Å². The van der Waals surface area contributed by atoms with Crippen LogP contribution >= 0.6 is 0 Å². The van der Waals surface area contributed by atoms with Crippen molar-refractivity contribution in [2.45, 2.75) is 26.2 Å². The van der Waals surface area contributed by atoms with Crippen molar-refractivity contribution >= 4 is 5.82 Å². The van der Waals surface area contributed by atoms with Gasteiger partial charge in [0.15, 0.2) is 0 Å². The van der Waals surface area contributed by atoms with Crippen LogP contribution < -0.4 is 11.4 Å². The Balaban J connectivity index is 3.23. The molecule has 0 bridgehead atoms. The van der Waals surface area contributed by atoms with Crippen molar-refractivity contribution in [1.29, 1.82) is 0 Å². The Morgan fingerprint density at radius 2 is 2.31 bits per heavy atom. The fourth-order valence-corrected chi connectivity index (χ4v) is 1.18. The van der Waals surface area contributed by atoms with Crippen molar-refractivity contribution in [2.24, 2.45) is 7.05 Å². The highest BCUT2D eigenvalue weighted by atomic mass is 16.1. The minimum absolute atomic E-state index is 0.301. The van der Waals surface area contributed by atoms with Crippen LogP contribution in [0.5, 0.6) is 0 Å². The Bertz CT molecular complexity index is 356. The van der Waals surface area contributed by atoms with Gasteiger partial charge in [-0.15, -0.1) is 0 Å². The van der Waals surface area contributed by atoms with Gasteiger partial charge in [0.05, 0.1) is 0 Å². The van der Waals surface area contributed by atoms with Gasteiger partial charge in [0.1, 0.15) is 5.82 Å². The average Bonchev–Trinajstić information content (AvgIpc) is 2.10. The highest BCUT2D eigenvalue weighted by Crippen LogP contribution is 2.20. The van der Waals surface area contributed by atoms with E-state index in [1.165, 1.54) is 4.57 Å². The van der Waals surface area contributed by atoms with Crippen molar-refractivity contribution in [3.8, 4) is 0 Å². The molecule has 0 amide bonds. The van der Waals surface area contributed by atoms with Crippen LogP contribution in [0.15, 0.2) is 11.0 Å². The van der Waals surface area contributed by atoms with Crippen LogP contribution in [0.3, 0.4) is 0 Å². The zero-order valence-electron chi connectivity index (χ0n) is 8.24. The van der Waals surface area contributed by atoms with Gasteiger partial charge >= 0.3 is 5.69 Å². The zero-order valence-corrected chi connectivity index (χ0v) is 8.24. The van der Waals surface area contributed by atoms with Crippen LogP contribution in [0.4, 0.5) is 5.82 Å². The van der Waals surface area contributed by atoms with Crippen LogP contribution in [0.2, 0.25) is 0 Å². The number of nitrogens with two attached hydrogens (primary N) is 1. The molecule has 0 saturated carbocycles. The van der Waals surface area contributed by atoms with Crippen LogP contribution in [0, 0.1) is 0 Å². The average molecular weight is 181 g/mol. The molecule has 1 aromatic heterocycles. The third kappa shape index (κ3) is 1.88. The summed E-state index contributed by atoms with van der Waals surface area (Å²) in [7, 11) is 1.68. The number of aromatic nitrogens is 2. The van der Waals surface area contributed by atoms with E-state index >= 15 is 0 Å². The van der Waals surface area contributed by atoms with Gasteiger partial charge in [0, 0.05) is 18.8 Å². The van der Waals surface area contributed by atoms with Crippen LogP contribution in [0.1, 0.15) is 31.7 Å². The molecule has 72 valence electrons. The molecule has 1 heterocycles. The van der Waals surface area contributed by atoms with Gasteiger partial charge in [-0.2, -0.15) is 4.98 Å². The van der Waals surface area contributed by atoms with E-state index in [9.17, 15) is 4.79 Å². The van der Waals surface area contributed by atoms with Crippen LogP contribution in [-0.2, 0) is 7.05 Å². The summed E-state index contributed by atoms with van der Waals surface area (Å²) in [6.45, 7) is 4.15. The number of hydrogen-bond acceptors (Lipinski definition) is 3. The summed E-state index contributed by atoms with van der Waals surface area (Å²) in [5.41, 5.74) is 6.29. The molecule has 1 unspecified atom stereocenters. The first-order valence-electron chi connectivity index (χ1n) is 4.39. The number of nitrogen functional groups attached to an aromatic ring is 1. The highest BCUT2D eigenvalue weighted by Gasteiger charge is 2.09. The molecule has 0 fully saturated rings. The van der Waals surface area contributed by atoms with Gasteiger partial charge in [-0.1, -0.05) is 13.8 Å². The summed E-state index contributed by atoms with van der Waals surface area (Å²) in [5.74, 6) is 0.705. The van der Waals surface area contributed by atoms with E-state index in [4.69, 9.17) is 5.73 Å². The molecule has 1 aromatic rings. The third-order valence-corrected chi connectivity index (χ3v) is 2.29. The summed E-state index contributed by atoms with van der Waals surface area (Å²) < 4.78 is 1.46. The summed E-state index contributed by atoms with van der Waals surface area (Å²) in [6.07, 6.45) is 2.75. The summed E-state index contributed by atoms with van der Waals surface area (Å²) >= 11 is 0. The SMILES string of the molecule is CCC(C)c1cn(C)c(=O)nc1N. The first kappa shape index (κ1) is 9.77. The summed E-state index contributed by atoms with van der Waals surface area (Å²) in [4.78, 5) is 14.8. The van der Waals surface area contributed by atoms with Gasteiger partial charge in [0.25, 0.3) is 0 Å². The van der Waals surface area contributed by atoms with Gasteiger partial charge in [-0.25, -0.2) is 4.79 Å². The zero-order chi connectivity index (χ0) is 10.0. The maximum absolute atomic E-state index is 11.1. The minimum Gasteiger partial charge on any atom is -0.383 e. The lowest BCUT2D eigenvalue weighted by atomic mass is 10.0. The van der Waals surface area contributed by atoms with Crippen molar-refractivity contribution in [1.82, 2.24) is 9.55 Å². The van der Waals surface area contributed by atoms with Gasteiger partial charge < -0.3 is 10.3 Å². The largest absolute Gasteiger partial charge is 0.383 e. The molecular weight excluding hydrogens is 166 g/mol. The second-order valence-corrected chi connectivity index (χ2v) is 3.28. The van der Waals surface area contributed by atoms with E-state index in [0.717, 1.165) is 12.0 Å². The summed E-state index contributed by atoms with van der Waals surface area (Å²) in [6, 6.07) is 0. The monoisotopic (exact) mass is 181 g/mol. The Kier molecular flexibility index (Phi) is 2.70. The lowest BCUT2D eigenvalue weighted by Gasteiger charge is -2.11. The molecular formula is C9H15N3O. The predicted octanol–water partition coefficient (Wildman–Crippen LogP) is 0.876. The maximum atomic E-state index is 11.1. The lowest BCUT2D eigenvalue weighted by Crippen LogP contribution is -2.22. The fourth-order valence-electron chi connectivity index (χ4n) is 1.18. The van der Waals surface area contributed by atoms with E-state index in [1.807, 2.05) is 0 Å². The highest BCUT2D eigenvalue weighted by molar-refractivity contribution is 5.39. The second kappa shape index (κ2) is 3.60. The molecule has 2 N–H and O–H groups in total. The van der Waals surface area contributed by atoms with E-state index in [2.05, 4.69) is 18.8 Å². The van der Waals surface area contributed by atoms with E-state index in [-0.39, 0.29) is 5.69 Å². The molecule has 0 aromatic carbocycles. The standard InChI is InChI=1S/C9H15N3O/c1-4-6(2)7-5-12(3)9(13)11-8(7)10/h5-6H,4H2,1-3H3,(H2,10,11,13). The number of nitrogens with zero attached hydrogens (tertiary/aromatic N) is 2. The molecule has 0 saturated heterocycles. The first-order chi connectivity index (χ1) is 6.06. The molecule has 1 rings (SSSR count). The Morgan fingerprint density at radius 3 is 2.85 bits per heavy atom. The second-order valence-electron chi connectivity index (χ2n) is 3.28. The molecule has 13 heavy (non-hydrogen) atoms. The predicted molar refractivity (Wildman–Crippen MR) is 52.6 cm³/mol. The molecule has 0 radical (unpaired) electrons. The number of hydrogen-bond donors (Lipinski definition) is 1. The number of anilines is 1. The van der Waals surface area contributed by atoms with Crippen LogP contribution in [0.25, 0.3) is 0 Å². The van der Waals surface area contributed by atoms with Crippen LogP contribution in [-0.4, -0.2) is 9.55 Å². The Labute approximate surface area is 77.4 Å². The van der Waals surface area contributed by atoms with E-state index in [0.29, 0.717) is 11.7 Å². The molecule has 0 aliphatic carbocycles. The third-order valence-electron chi connectivity index (χ3n) is 2.29. The number of aryl methyl sites for hydroxylation is 1. The Hall–Kier alpha value is -1.32. The smallest absolute Gasteiger partial charge is 0.349 e. The normalized spacial score (nSPS) is 12.8. The van der Waals surface area contributed by atoms with Gasteiger partial charge in [-0.05, 0) is 12.3 Å². The molecule has 4 heteroatoms.